The van der Waals surface area contributed by atoms with Gasteiger partial charge < -0.3 is 19.7 Å². The van der Waals surface area contributed by atoms with Crippen LogP contribution < -0.4 is 5.32 Å². The molecule has 19 heavy (non-hydrogen) atoms. The average molecular weight is 272 g/mol. The molecule has 6 heteroatoms. The van der Waals surface area contributed by atoms with Crippen LogP contribution in [0, 0.1) is 0 Å². The second-order valence-electron chi connectivity index (χ2n) is 4.95. The summed E-state index contributed by atoms with van der Waals surface area (Å²) in [6, 6.07) is 0.227. The third-order valence-electron chi connectivity index (χ3n) is 3.58. The quantitative estimate of drug-likeness (QED) is 0.598. The van der Waals surface area contributed by atoms with Crippen LogP contribution in [0.5, 0.6) is 0 Å². The molecule has 1 aliphatic heterocycles. The summed E-state index contributed by atoms with van der Waals surface area (Å²) in [5, 5.41) is 2.54. The molecule has 0 aromatic carbocycles. The summed E-state index contributed by atoms with van der Waals surface area (Å²) in [7, 11) is 2.97. The zero-order chi connectivity index (χ0) is 14.4. The van der Waals surface area contributed by atoms with Crippen LogP contribution in [0.3, 0.4) is 0 Å². The van der Waals surface area contributed by atoms with E-state index >= 15 is 0 Å². The van der Waals surface area contributed by atoms with Crippen molar-refractivity contribution in [1.82, 2.24) is 10.2 Å². The fourth-order valence-electron chi connectivity index (χ4n) is 2.45. The molecule has 1 heterocycles. The number of methoxy groups -OCH3 is 2. The normalized spacial score (nSPS) is 23.5. The zero-order valence-corrected chi connectivity index (χ0v) is 12.1. The van der Waals surface area contributed by atoms with Crippen LogP contribution in [0.15, 0.2) is 0 Å². The molecule has 0 spiro atoms. The molecule has 0 saturated carbocycles. The number of amides is 2. The predicted molar refractivity (Wildman–Crippen MR) is 70.4 cm³/mol. The molecular weight excluding hydrogens is 248 g/mol. The lowest BCUT2D eigenvalue weighted by Crippen LogP contribution is -2.53. The Bertz CT molecular complexity index is 308. The molecule has 0 aliphatic carbocycles. The Morgan fingerprint density at radius 1 is 1.21 bits per heavy atom. The van der Waals surface area contributed by atoms with Gasteiger partial charge in [0.15, 0.2) is 6.29 Å². The number of carbonyl (C=O) groups excluding carboxylic acids is 2. The Morgan fingerprint density at radius 2 is 1.74 bits per heavy atom. The van der Waals surface area contributed by atoms with Gasteiger partial charge >= 0.3 is 11.8 Å². The Balaban J connectivity index is 2.53. The van der Waals surface area contributed by atoms with E-state index in [0.29, 0.717) is 0 Å². The van der Waals surface area contributed by atoms with Gasteiger partial charge in [0.25, 0.3) is 0 Å². The Morgan fingerprint density at radius 3 is 2.21 bits per heavy atom. The number of nitrogens with zero attached hydrogens (tertiary/aromatic N) is 1. The second kappa shape index (κ2) is 7.45. The van der Waals surface area contributed by atoms with E-state index in [2.05, 4.69) is 5.32 Å². The van der Waals surface area contributed by atoms with E-state index in [-0.39, 0.29) is 18.6 Å². The van der Waals surface area contributed by atoms with Crippen molar-refractivity contribution >= 4 is 11.8 Å². The molecule has 110 valence electrons. The first-order valence-corrected chi connectivity index (χ1v) is 6.67. The van der Waals surface area contributed by atoms with Gasteiger partial charge in [0.05, 0.1) is 6.54 Å². The minimum atomic E-state index is -0.597. The summed E-state index contributed by atoms with van der Waals surface area (Å²) < 4.78 is 9.91. The summed E-state index contributed by atoms with van der Waals surface area (Å²) in [5.74, 6) is -1.06. The van der Waals surface area contributed by atoms with Gasteiger partial charge in [-0.05, 0) is 33.1 Å². The van der Waals surface area contributed by atoms with Crippen LogP contribution in [0.2, 0.25) is 0 Å². The lowest BCUT2D eigenvalue weighted by atomic mass is 9.97. The molecule has 0 aromatic heterocycles. The molecule has 0 radical (unpaired) electrons. The zero-order valence-electron chi connectivity index (χ0n) is 12.1. The second-order valence-corrected chi connectivity index (χ2v) is 4.95. The number of ether oxygens (including phenoxy) is 2. The van der Waals surface area contributed by atoms with Crippen molar-refractivity contribution in [2.24, 2.45) is 0 Å². The van der Waals surface area contributed by atoms with Gasteiger partial charge in [-0.1, -0.05) is 0 Å². The maximum atomic E-state index is 12.1. The summed E-state index contributed by atoms with van der Waals surface area (Å²) in [5.41, 5.74) is 0. The Labute approximate surface area is 114 Å². The van der Waals surface area contributed by atoms with E-state index in [4.69, 9.17) is 9.47 Å². The minimum Gasteiger partial charge on any atom is -0.354 e. The number of carbonyl (C=O) groups is 2. The highest BCUT2D eigenvalue weighted by atomic mass is 16.7. The highest BCUT2D eigenvalue weighted by Gasteiger charge is 2.32. The molecule has 2 amide bonds. The van der Waals surface area contributed by atoms with E-state index in [1.165, 1.54) is 14.2 Å². The van der Waals surface area contributed by atoms with Crippen molar-refractivity contribution in [3.63, 3.8) is 0 Å². The fraction of sp³-hybridized carbons (Fsp3) is 0.846. The van der Waals surface area contributed by atoms with E-state index in [1.807, 2.05) is 13.8 Å². The largest absolute Gasteiger partial charge is 0.354 e. The van der Waals surface area contributed by atoms with E-state index < -0.39 is 18.1 Å². The molecule has 0 aromatic rings. The first-order chi connectivity index (χ1) is 9.01. The summed E-state index contributed by atoms with van der Waals surface area (Å²) in [6.07, 6.45) is 2.46. The van der Waals surface area contributed by atoms with Crippen LogP contribution in [0.4, 0.5) is 0 Å². The van der Waals surface area contributed by atoms with Gasteiger partial charge in [-0.15, -0.1) is 0 Å². The molecule has 1 N–H and O–H groups in total. The van der Waals surface area contributed by atoms with Crippen LogP contribution >= 0.6 is 0 Å². The molecule has 1 fully saturated rings. The molecule has 6 nitrogen and oxygen atoms in total. The molecule has 2 unspecified atom stereocenters. The fourth-order valence-corrected chi connectivity index (χ4v) is 2.45. The minimum absolute atomic E-state index is 0.114. The number of likely N-dealkylation sites (tertiary alicyclic amines) is 1. The van der Waals surface area contributed by atoms with Gasteiger partial charge in [-0.3, -0.25) is 9.59 Å². The SMILES string of the molecule is COC(CNC(=O)C(=O)N1C(C)CCCC1C)OC. The van der Waals surface area contributed by atoms with Gasteiger partial charge in [0.2, 0.25) is 0 Å². The van der Waals surface area contributed by atoms with Gasteiger partial charge in [-0.25, -0.2) is 0 Å². The molecule has 1 saturated heterocycles. The lowest BCUT2D eigenvalue weighted by molar-refractivity contribution is -0.151. The number of piperidine rings is 1. The monoisotopic (exact) mass is 272 g/mol. The van der Waals surface area contributed by atoms with Crippen LogP contribution in [0.25, 0.3) is 0 Å². The third-order valence-corrected chi connectivity index (χ3v) is 3.58. The molecule has 1 rings (SSSR count). The number of hydrogen-bond acceptors (Lipinski definition) is 4. The van der Waals surface area contributed by atoms with Gasteiger partial charge in [0, 0.05) is 26.3 Å². The van der Waals surface area contributed by atoms with Crippen molar-refractivity contribution in [3.05, 3.63) is 0 Å². The van der Waals surface area contributed by atoms with Crippen molar-refractivity contribution in [2.45, 2.75) is 51.5 Å². The first kappa shape index (κ1) is 15.9. The van der Waals surface area contributed by atoms with Crippen molar-refractivity contribution in [3.8, 4) is 0 Å². The highest BCUT2D eigenvalue weighted by Crippen LogP contribution is 2.22. The topological polar surface area (TPSA) is 67.9 Å². The van der Waals surface area contributed by atoms with Crippen LogP contribution in [-0.4, -0.2) is 55.9 Å². The standard InChI is InChI=1S/C13H24N2O4/c1-9-6-5-7-10(2)15(9)13(17)12(16)14-8-11(18-3)19-4/h9-11H,5-8H2,1-4H3,(H,14,16). The molecule has 2 atom stereocenters. The van der Waals surface area contributed by atoms with Gasteiger partial charge in [0.1, 0.15) is 0 Å². The molecule has 0 bridgehead atoms. The maximum absolute atomic E-state index is 12.1. The predicted octanol–water partition coefficient (Wildman–Crippen LogP) is 0.511. The molecule has 1 aliphatic rings. The van der Waals surface area contributed by atoms with E-state index in [9.17, 15) is 9.59 Å². The van der Waals surface area contributed by atoms with Crippen molar-refractivity contribution in [1.29, 1.82) is 0 Å². The van der Waals surface area contributed by atoms with E-state index in [0.717, 1.165) is 19.3 Å². The smallest absolute Gasteiger partial charge is 0.312 e. The number of nitrogens with one attached hydrogen (secondary N) is 1. The van der Waals surface area contributed by atoms with Gasteiger partial charge in [-0.2, -0.15) is 0 Å². The maximum Gasteiger partial charge on any atom is 0.312 e. The van der Waals surface area contributed by atoms with E-state index in [1.54, 1.807) is 4.90 Å². The molecular formula is C13H24N2O4. The Kier molecular flexibility index (Phi) is 6.24. The number of hydrogen-bond donors (Lipinski definition) is 1. The van der Waals surface area contributed by atoms with Crippen molar-refractivity contribution < 1.29 is 19.1 Å². The lowest BCUT2D eigenvalue weighted by Gasteiger charge is -2.38. The number of rotatable bonds is 4. The van der Waals surface area contributed by atoms with Crippen molar-refractivity contribution in [2.75, 3.05) is 20.8 Å². The summed E-state index contributed by atoms with van der Waals surface area (Å²) in [4.78, 5) is 25.7. The highest BCUT2D eigenvalue weighted by molar-refractivity contribution is 6.35. The van der Waals surface area contributed by atoms with Crippen LogP contribution in [-0.2, 0) is 19.1 Å². The average Bonchev–Trinajstić information content (AvgIpc) is 2.39. The third kappa shape index (κ3) is 4.18. The summed E-state index contributed by atoms with van der Waals surface area (Å²) >= 11 is 0. The first-order valence-electron chi connectivity index (χ1n) is 6.67. The van der Waals surface area contributed by atoms with Crippen LogP contribution in [0.1, 0.15) is 33.1 Å². The summed E-state index contributed by atoms with van der Waals surface area (Å²) in [6.45, 7) is 4.12. The Hall–Kier alpha value is -1.14.